The average Bonchev–Trinajstić information content (AvgIpc) is 2.88. The molecule has 2 aromatic carbocycles. The second-order valence-electron chi connectivity index (χ2n) is 8.23. The molecular weight excluding hydrogens is 506 g/mol. The first-order chi connectivity index (χ1) is 17.1. The highest BCUT2D eigenvalue weighted by Crippen LogP contribution is 2.24. The van der Waals surface area contributed by atoms with Crippen LogP contribution in [0.15, 0.2) is 52.3 Å². The number of carbonyl (C=O) groups excluding carboxylic acids is 1. The summed E-state index contributed by atoms with van der Waals surface area (Å²) in [5, 5.41) is 2.70. The van der Waals surface area contributed by atoms with E-state index in [1.807, 2.05) is 6.92 Å². The molecule has 1 aliphatic heterocycles. The van der Waals surface area contributed by atoms with Crippen LogP contribution in [0.25, 0.3) is 0 Å². The number of hydrogen-bond donors (Lipinski definition) is 1. The lowest BCUT2D eigenvalue weighted by Gasteiger charge is -2.26. The molecule has 1 saturated heterocycles. The molecule has 0 radical (unpaired) electrons. The number of rotatable bonds is 11. The van der Waals surface area contributed by atoms with Gasteiger partial charge in [0.2, 0.25) is 26.0 Å². The Morgan fingerprint density at radius 1 is 1.03 bits per heavy atom. The number of nitrogens with one attached hydrogen (secondary N) is 1. The van der Waals surface area contributed by atoms with Crippen molar-refractivity contribution in [1.82, 2.24) is 13.9 Å². The van der Waals surface area contributed by atoms with Gasteiger partial charge in [-0.2, -0.15) is 8.61 Å². The number of carbonyl (C=O) groups is 1. The van der Waals surface area contributed by atoms with Gasteiger partial charge in [0.25, 0.3) is 0 Å². The van der Waals surface area contributed by atoms with Gasteiger partial charge in [-0.1, -0.05) is 19.1 Å². The summed E-state index contributed by atoms with van der Waals surface area (Å²) in [6.45, 7) is 7.04. The number of benzene rings is 2. The predicted octanol–water partition coefficient (Wildman–Crippen LogP) is 1.74. The molecule has 12 heteroatoms. The van der Waals surface area contributed by atoms with Crippen molar-refractivity contribution in [3.8, 4) is 5.75 Å². The minimum absolute atomic E-state index is 0.0927. The van der Waals surface area contributed by atoms with Crippen molar-refractivity contribution in [2.45, 2.75) is 37.1 Å². The minimum atomic E-state index is -3.88. The van der Waals surface area contributed by atoms with Crippen LogP contribution in [0.2, 0.25) is 0 Å². The summed E-state index contributed by atoms with van der Waals surface area (Å²) in [5.74, 6) is 0.147. The number of morpholine rings is 1. The SMILES string of the molecule is CCOc1ccc(S(=O)(=O)N(CC)CC(=O)NCc2ccc(S(=O)(=O)N3CCOCC3)cc2)cc1C. The second kappa shape index (κ2) is 12.2. The minimum Gasteiger partial charge on any atom is -0.494 e. The van der Waals surface area contributed by atoms with Crippen LogP contribution in [0, 0.1) is 6.92 Å². The monoisotopic (exact) mass is 539 g/mol. The van der Waals surface area contributed by atoms with Gasteiger partial charge in [0.1, 0.15) is 5.75 Å². The molecule has 198 valence electrons. The predicted molar refractivity (Wildman–Crippen MR) is 135 cm³/mol. The Kier molecular flexibility index (Phi) is 9.47. The van der Waals surface area contributed by atoms with Gasteiger partial charge in [-0.15, -0.1) is 0 Å². The number of nitrogens with zero attached hydrogens (tertiary/aromatic N) is 2. The van der Waals surface area contributed by atoms with Crippen molar-refractivity contribution >= 4 is 26.0 Å². The van der Waals surface area contributed by atoms with Crippen molar-refractivity contribution in [2.24, 2.45) is 0 Å². The first-order valence-electron chi connectivity index (χ1n) is 11.8. The lowest BCUT2D eigenvalue weighted by molar-refractivity contribution is -0.121. The van der Waals surface area contributed by atoms with E-state index in [2.05, 4.69) is 5.32 Å². The molecule has 0 saturated carbocycles. The average molecular weight is 540 g/mol. The van der Waals surface area contributed by atoms with Gasteiger partial charge in [0.05, 0.1) is 36.2 Å². The van der Waals surface area contributed by atoms with Gasteiger partial charge in [0, 0.05) is 26.2 Å². The molecular formula is C24H33N3O7S2. The van der Waals surface area contributed by atoms with Crippen LogP contribution in [-0.2, 0) is 36.1 Å². The highest BCUT2D eigenvalue weighted by atomic mass is 32.2. The van der Waals surface area contributed by atoms with Crippen molar-refractivity contribution in [1.29, 1.82) is 0 Å². The fraction of sp³-hybridized carbons (Fsp3) is 0.458. The number of ether oxygens (including phenoxy) is 2. The van der Waals surface area contributed by atoms with E-state index < -0.39 is 26.0 Å². The van der Waals surface area contributed by atoms with Crippen LogP contribution < -0.4 is 10.1 Å². The summed E-state index contributed by atoms with van der Waals surface area (Å²) in [7, 11) is -7.48. The molecule has 0 bridgehead atoms. The number of amides is 1. The first kappa shape index (κ1) is 28.1. The van der Waals surface area contributed by atoms with Crippen molar-refractivity contribution in [3.05, 3.63) is 53.6 Å². The molecule has 36 heavy (non-hydrogen) atoms. The smallest absolute Gasteiger partial charge is 0.243 e. The van der Waals surface area contributed by atoms with Crippen LogP contribution in [-0.4, -0.2) is 77.4 Å². The Morgan fingerprint density at radius 2 is 1.67 bits per heavy atom. The fourth-order valence-electron chi connectivity index (χ4n) is 3.75. The van der Waals surface area contributed by atoms with Gasteiger partial charge in [-0.3, -0.25) is 4.79 Å². The number of aryl methyl sites for hydroxylation is 1. The lowest BCUT2D eigenvalue weighted by atomic mass is 10.2. The van der Waals surface area contributed by atoms with E-state index in [9.17, 15) is 21.6 Å². The summed E-state index contributed by atoms with van der Waals surface area (Å²) >= 11 is 0. The fourth-order valence-corrected chi connectivity index (χ4v) is 6.65. The van der Waals surface area contributed by atoms with Gasteiger partial charge in [0.15, 0.2) is 0 Å². The van der Waals surface area contributed by atoms with E-state index in [0.717, 1.165) is 4.31 Å². The van der Waals surface area contributed by atoms with Crippen LogP contribution >= 0.6 is 0 Å². The zero-order valence-electron chi connectivity index (χ0n) is 20.8. The Bertz CT molecular complexity index is 1260. The molecule has 0 spiro atoms. The summed E-state index contributed by atoms with van der Waals surface area (Å²) < 4.78 is 64.8. The quantitative estimate of drug-likeness (QED) is 0.462. The highest BCUT2D eigenvalue weighted by Gasteiger charge is 2.27. The number of hydrogen-bond acceptors (Lipinski definition) is 7. The highest BCUT2D eigenvalue weighted by molar-refractivity contribution is 7.89. The molecule has 10 nitrogen and oxygen atoms in total. The third kappa shape index (κ3) is 6.62. The number of likely N-dealkylation sites (N-methyl/N-ethyl adjacent to an activating group) is 1. The Morgan fingerprint density at radius 3 is 2.25 bits per heavy atom. The standard InChI is InChI=1S/C24H33N3O7S2/c1-4-26(36(31,32)22-10-11-23(34-5-2)19(3)16-22)18-24(28)25-17-20-6-8-21(9-7-20)35(29,30)27-12-14-33-15-13-27/h6-11,16H,4-5,12-15,17-18H2,1-3H3,(H,25,28). The summed E-state index contributed by atoms with van der Waals surface area (Å²) in [6.07, 6.45) is 0. The normalized spacial score (nSPS) is 15.1. The zero-order valence-corrected chi connectivity index (χ0v) is 22.4. The van der Waals surface area contributed by atoms with Crippen LogP contribution in [0.3, 0.4) is 0 Å². The van der Waals surface area contributed by atoms with E-state index in [-0.39, 0.29) is 29.4 Å². The molecule has 0 aliphatic carbocycles. The maximum Gasteiger partial charge on any atom is 0.243 e. The molecule has 1 aliphatic rings. The summed E-state index contributed by atoms with van der Waals surface area (Å²) in [5.41, 5.74) is 1.38. The molecule has 3 rings (SSSR count). The first-order valence-corrected chi connectivity index (χ1v) is 14.6. The maximum absolute atomic E-state index is 13.1. The van der Waals surface area contributed by atoms with E-state index in [0.29, 0.717) is 49.8 Å². The topological polar surface area (TPSA) is 122 Å². The molecule has 0 unspecified atom stereocenters. The molecule has 0 atom stereocenters. The Balaban J connectivity index is 1.61. The summed E-state index contributed by atoms with van der Waals surface area (Å²) in [6, 6.07) is 10.9. The Hall–Kier alpha value is -2.51. The van der Waals surface area contributed by atoms with Gasteiger partial charge >= 0.3 is 0 Å². The molecule has 1 amide bonds. The largest absolute Gasteiger partial charge is 0.494 e. The van der Waals surface area contributed by atoms with E-state index in [1.54, 1.807) is 32.0 Å². The molecule has 1 fully saturated rings. The summed E-state index contributed by atoms with van der Waals surface area (Å²) in [4.78, 5) is 12.8. The van der Waals surface area contributed by atoms with Crippen LogP contribution in [0.1, 0.15) is 25.0 Å². The van der Waals surface area contributed by atoms with Gasteiger partial charge in [-0.25, -0.2) is 16.8 Å². The van der Waals surface area contributed by atoms with Crippen molar-refractivity contribution in [2.75, 3.05) is 46.0 Å². The molecule has 1 N–H and O–H groups in total. The third-order valence-electron chi connectivity index (χ3n) is 5.78. The van der Waals surface area contributed by atoms with Crippen LogP contribution in [0.5, 0.6) is 5.75 Å². The molecule has 0 aromatic heterocycles. The van der Waals surface area contributed by atoms with Gasteiger partial charge < -0.3 is 14.8 Å². The molecule has 2 aromatic rings. The third-order valence-corrected chi connectivity index (χ3v) is 9.61. The molecule has 1 heterocycles. The zero-order chi connectivity index (χ0) is 26.3. The van der Waals surface area contributed by atoms with Gasteiger partial charge in [-0.05, 0) is 55.3 Å². The second-order valence-corrected chi connectivity index (χ2v) is 12.1. The van der Waals surface area contributed by atoms with E-state index >= 15 is 0 Å². The van der Waals surface area contributed by atoms with E-state index in [4.69, 9.17) is 9.47 Å². The van der Waals surface area contributed by atoms with Crippen molar-refractivity contribution < 1.29 is 31.1 Å². The lowest BCUT2D eigenvalue weighted by Crippen LogP contribution is -2.40. The Labute approximate surface area is 213 Å². The van der Waals surface area contributed by atoms with Crippen molar-refractivity contribution in [3.63, 3.8) is 0 Å². The maximum atomic E-state index is 13.1. The van der Waals surface area contributed by atoms with Crippen LogP contribution in [0.4, 0.5) is 0 Å². The van der Waals surface area contributed by atoms with E-state index in [1.165, 1.54) is 28.6 Å². The number of sulfonamides is 2.